The number of hydrogen-bond acceptors (Lipinski definition) is 5. The van der Waals surface area contributed by atoms with Gasteiger partial charge in [-0.15, -0.1) is 11.8 Å². The van der Waals surface area contributed by atoms with Crippen molar-refractivity contribution in [3.05, 3.63) is 21.3 Å². The van der Waals surface area contributed by atoms with Gasteiger partial charge >= 0.3 is 6.09 Å². The molecule has 0 radical (unpaired) electrons. The number of carbonyl (C=O) groups excluding carboxylic acids is 1. The Hall–Kier alpha value is -1.24. The highest BCUT2D eigenvalue weighted by atomic mass is 32.2. The molecule has 0 aromatic carbocycles. The molecule has 0 aromatic rings. The normalized spacial score (nSPS) is 19.5. The number of nitro groups is 1. The topological polar surface area (TPSA) is 72.7 Å². The molecule has 1 aliphatic heterocycles. The summed E-state index contributed by atoms with van der Waals surface area (Å²) in [4.78, 5) is 22.2. The Labute approximate surface area is 85.0 Å². The Morgan fingerprint density at radius 2 is 2.50 bits per heavy atom. The van der Waals surface area contributed by atoms with Crippen LogP contribution in [-0.2, 0) is 4.74 Å². The molecule has 0 aromatic heterocycles. The van der Waals surface area contributed by atoms with Crippen LogP contribution in [0.4, 0.5) is 4.79 Å². The predicted molar refractivity (Wildman–Crippen MR) is 51.3 cm³/mol. The van der Waals surface area contributed by atoms with E-state index < -0.39 is 11.0 Å². The van der Waals surface area contributed by atoms with Crippen molar-refractivity contribution in [3.8, 4) is 0 Å². The van der Waals surface area contributed by atoms with Gasteiger partial charge in [-0.25, -0.2) is 4.79 Å². The minimum atomic E-state index is -0.566. The van der Waals surface area contributed by atoms with Gasteiger partial charge < -0.3 is 4.74 Å². The molecule has 0 atom stereocenters. The van der Waals surface area contributed by atoms with E-state index in [-0.39, 0.29) is 0 Å². The lowest BCUT2D eigenvalue weighted by Crippen LogP contribution is -2.33. The summed E-state index contributed by atoms with van der Waals surface area (Å²) in [5.74, 6) is 0.785. The number of ether oxygens (including phenoxy) is 1. The van der Waals surface area contributed by atoms with Crippen molar-refractivity contribution < 1.29 is 14.5 Å². The smallest absolute Gasteiger partial charge is 0.414 e. The molecule has 6 nitrogen and oxygen atoms in total. The van der Waals surface area contributed by atoms with Gasteiger partial charge in [0.15, 0.2) is 5.03 Å². The first-order chi connectivity index (χ1) is 6.65. The van der Waals surface area contributed by atoms with Gasteiger partial charge in [0, 0.05) is 12.3 Å². The molecule has 14 heavy (non-hydrogen) atoms. The van der Waals surface area contributed by atoms with Crippen molar-refractivity contribution in [1.29, 1.82) is 0 Å². The van der Waals surface area contributed by atoms with Crippen LogP contribution in [0.25, 0.3) is 0 Å². The number of nitrogens with zero attached hydrogens (tertiary/aromatic N) is 2. The summed E-state index contributed by atoms with van der Waals surface area (Å²) in [5.41, 5.74) is 0. The van der Waals surface area contributed by atoms with Crippen molar-refractivity contribution in [1.82, 2.24) is 4.90 Å². The highest BCUT2D eigenvalue weighted by molar-refractivity contribution is 8.03. The molecule has 78 valence electrons. The van der Waals surface area contributed by atoms with Crippen LogP contribution in [0.3, 0.4) is 0 Å². The Morgan fingerprint density at radius 3 is 3.07 bits per heavy atom. The van der Waals surface area contributed by atoms with E-state index >= 15 is 0 Å². The zero-order valence-electron chi connectivity index (χ0n) is 7.63. The van der Waals surface area contributed by atoms with Crippen LogP contribution in [0.2, 0.25) is 0 Å². The maximum absolute atomic E-state index is 11.2. The fraction of sp³-hybridized carbons (Fsp3) is 0.571. The summed E-state index contributed by atoms with van der Waals surface area (Å²) in [6, 6.07) is 0. The van der Waals surface area contributed by atoms with Gasteiger partial charge in [-0.3, -0.25) is 15.0 Å². The lowest BCUT2D eigenvalue weighted by atomic mass is 10.4. The van der Waals surface area contributed by atoms with E-state index in [9.17, 15) is 14.9 Å². The van der Waals surface area contributed by atoms with E-state index in [2.05, 4.69) is 4.74 Å². The van der Waals surface area contributed by atoms with Crippen LogP contribution in [0, 0.1) is 10.1 Å². The first-order valence-electron chi connectivity index (χ1n) is 3.98. The van der Waals surface area contributed by atoms with Gasteiger partial charge in [-0.05, 0) is 6.42 Å². The average molecular weight is 218 g/mol. The lowest BCUT2D eigenvalue weighted by molar-refractivity contribution is -0.403. The molecule has 1 fully saturated rings. The maximum Gasteiger partial charge on any atom is 0.414 e. The van der Waals surface area contributed by atoms with E-state index in [1.54, 1.807) is 0 Å². The SMILES string of the molecule is COC(=O)N1CCCSC1=C[N+](=O)[O-]. The third-order valence-corrected chi connectivity index (χ3v) is 2.77. The van der Waals surface area contributed by atoms with Gasteiger partial charge in [-0.2, -0.15) is 0 Å². The van der Waals surface area contributed by atoms with E-state index in [1.165, 1.54) is 23.8 Å². The molecular formula is C7H10N2O4S. The highest BCUT2D eigenvalue weighted by Crippen LogP contribution is 2.26. The highest BCUT2D eigenvalue weighted by Gasteiger charge is 2.24. The van der Waals surface area contributed by atoms with Gasteiger partial charge in [0.25, 0.3) is 6.20 Å². The van der Waals surface area contributed by atoms with E-state index in [4.69, 9.17) is 0 Å². The number of amides is 1. The third-order valence-electron chi connectivity index (χ3n) is 1.65. The standard InChI is InChI=1S/C7H10N2O4S/c1-13-7(10)8-3-2-4-14-6(8)5-9(11)12/h5H,2-4H2,1H3. The molecule has 0 N–H and O–H groups in total. The van der Waals surface area contributed by atoms with Gasteiger partial charge in [-0.1, -0.05) is 0 Å². The van der Waals surface area contributed by atoms with Crippen LogP contribution in [0.1, 0.15) is 6.42 Å². The second-order valence-corrected chi connectivity index (χ2v) is 3.69. The molecule has 0 saturated carbocycles. The summed E-state index contributed by atoms with van der Waals surface area (Å²) >= 11 is 1.29. The summed E-state index contributed by atoms with van der Waals surface area (Å²) in [6.07, 6.45) is 1.10. The number of methoxy groups -OCH3 is 1. The molecular weight excluding hydrogens is 208 g/mol. The van der Waals surface area contributed by atoms with Crippen LogP contribution >= 0.6 is 11.8 Å². The molecule has 0 aliphatic carbocycles. The number of hydrogen-bond donors (Lipinski definition) is 0. The number of thioether (sulfide) groups is 1. The molecule has 0 bridgehead atoms. The monoisotopic (exact) mass is 218 g/mol. The zero-order valence-corrected chi connectivity index (χ0v) is 8.45. The molecule has 1 rings (SSSR count). The third kappa shape index (κ3) is 2.63. The number of carbonyl (C=O) groups is 1. The van der Waals surface area contributed by atoms with Crippen LogP contribution in [0.5, 0.6) is 0 Å². The summed E-state index contributed by atoms with van der Waals surface area (Å²) in [6.45, 7) is 0.472. The van der Waals surface area contributed by atoms with E-state index in [1.807, 2.05) is 0 Å². The van der Waals surface area contributed by atoms with Crippen LogP contribution < -0.4 is 0 Å². The summed E-state index contributed by atoms with van der Waals surface area (Å²) < 4.78 is 4.51. The predicted octanol–water partition coefficient (Wildman–Crippen LogP) is 1.27. The summed E-state index contributed by atoms with van der Waals surface area (Å²) in [5, 5.41) is 10.6. The fourth-order valence-electron chi connectivity index (χ4n) is 1.08. The molecule has 1 amide bonds. The lowest BCUT2D eigenvalue weighted by Gasteiger charge is -2.25. The molecule has 0 unspecified atom stereocenters. The van der Waals surface area contributed by atoms with Crippen molar-refractivity contribution in [2.45, 2.75) is 6.42 Å². The Bertz CT molecular complexity index is 279. The van der Waals surface area contributed by atoms with Gasteiger partial charge in [0.1, 0.15) is 0 Å². The van der Waals surface area contributed by atoms with Crippen molar-refractivity contribution >= 4 is 17.9 Å². The van der Waals surface area contributed by atoms with E-state index in [0.717, 1.165) is 18.4 Å². The average Bonchev–Trinajstić information content (AvgIpc) is 2.16. The molecule has 1 heterocycles. The van der Waals surface area contributed by atoms with Crippen molar-refractivity contribution in [2.24, 2.45) is 0 Å². The van der Waals surface area contributed by atoms with E-state index in [0.29, 0.717) is 11.6 Å². The van der Waals surface area contributed by atoms with Crippen molar-refractivity contribution in [3.63, 3.8) is 0 Å². The first-order valence-corrected chi connectivity index (χ1v) is 4.97. The Morgan fingerprint density at radius 1 is 1.79 bits per heavy atom. The van der Waals surface area contributed by atoms with Gasteiger partial charge in [0.2, 0.25) is 0 Å². The maximum atomic E-state index is 11.2. The largest absolute Gasteiger partial charge is 0.452 e. The molecule has 1 saturated heterocycles. The Balaban J connectivity index is 2.78. The van der Waals surface area contributed by atoms with Gasteiger partial charge in [0.05, 0.1) is 12.0 Å². The van der Waals surface area contributed by atoms with Crippen LogP contribution in [0.15, 0.2) is 11.2 Å². The second-order valence-electron chi connectivity index (χ2n) is 2.58. The van der Waals surface area contributed by atoms with Crippen LogP contribution in [-0.4, -0.2) is 35.3 Å². The summed E-state index contributed by atoms with van der Waals surface area (Å²) in [7, 11) is 1.26. The Kier molecular flexibility index (Phi) is 3.75. The molecule has 0 spiro atoms. The number of rotatable bonds is 1. The zero-order chi connectivity index (χ0) is 10.6. The minimum Gasteiger partial charge on any atom is -0.452 e. The minimum absolute atomic E-state index is 0.341. The quantitative estimate of drug-likeness (QED) is 0.489. The van der Waals surface area contributed by atoms with Crippen molar-refractivity contribution in [2.75, 3.05) is 19.4 Å². The fourth-order valence-corrected chi connectivity index (χ4v) is 2.04. The second kappa shape index (κ2) is 4.85. The molecule has 7 heteroatoms. The molecule has 1 aliphatic rings. The first kappa shape index (κ1) is 10.8.